The van der Waals surface area contributed by atoms with Crippen LogP contribution in [-0.4, -0.2) is 19.0 Å². The van der Waals surface area contributed by atoms with Crippen molar-refractivity contribution in [1.82, 2.24) is 0 Å². The zero-order chi connectivity index (χ0) is 12.0. The van der Waals surface area contributed by atoms with Gasteiger partial charge in [0.1, 0.15) is 0 Å². The van der Waals surface area contributed by atoms with Gasteiger partial charge in [-0.05, 0) is 31.5 Å². The van der Waals surface area contributed by atoms with E-state index < -0.39 is 0 Å². The summed E-state index contributed by atoms with van der Waals surface area (Å²) in [4.78, 5) is 0. The van der Waals surface area contributed by atoms with Crippen LogP contribution in [0.4, 0.5) is 0 Å². The first-order chi connectivity index (χ1) is 7.67. The average molecular weight is 223 g/mol. The molecule has 1 aromatic carbocycles. The molecule has 0 atom stereocenters. The number of ether oxygens (including phenoxy) is 2. The SMILES string of the molecule is CCOc1ccc(CC(N)=[NH2+])cc1OCC. The number of rotatable bonds is 6. The maximum absolute atomic E-state index is 5.50. The monoisotopic (exact) mass is 223 g/mol. The van der Waals surface area contributed by atoms with E-state index >= 15 is 0 Å². The van der Waals surface area contributed by atoms with Crippen LogP contribution < -0.4 is 20.6 Å². The van der Waals surface area contributed by atoms with Crippen LogP contribution in [0.3, 0.4) is 0 Å². The van der Waals surface area contributed by atoms with Gasteiger partial charge in [-0.25, -0.2) is 0 Å². The highest BCUT2D eigenvalue weighted by Gasteiger charge is 2.07. The lowest BCUT2D eigenvalue weighted by Crippen LogP contribution is -2.46. The number of benzene rings is 1. The van der Waals surface area contributed by atoms with Gasteiger partial charge in [0.2, 0.25) is 5.84 Å². The second-order valence-electron chi connectivity index (χ2n) is 3.40. The van der Waals surface area contributed by atoms with Crippen LogP contribution in [0.5, 0.6) is 11.5 Å². The van der Waals surface area contributed by atoms with Crippen molar-refractivity contribution >= 4 is 5.84 Å². The smallest absolute Gasteiger partial charge is 0.242 e. The fourth-order valence-electron chi connectivity index (χ4n) is 1.44. The third kappa shape index (κ3) is 3.46. The van der Waals surface area contributed by atoms with Gasteiger partial charge in [0, 0.05) is 0 Å². The summed E-state index contributed by atoms with van der Waals surface area (Å²) in [7, 11) is 0. The summed E-state index contributed by atoms with van der Waals surface area (Å²) in [6.07, 6.45) is 0.548. The Morgan fingerprint density at radius 2 is 1.81 bits per heavy atom. The lowest BCUT2D eigenvalue weighted by molar-refractivity contribution is -0.117. The summed E-state index contributed by atoms with van der Waals surface area (Å²) in [5.74, 6) is 1.89. The molecule has 16 heavy (non-hydrogen) atoms. The number of hydrogen-bond donors (Lipinski definition) is 2. The predicted octanol–water partition coefficient (Wildman–Crippen LogP) is 0.143. The molecule has 0 fully saturated rings. The minimum Gasteiger partial charge on any atom is -0.490 e. The minimum absolute atomic E-state index is 0.395. The van der Waals surface area contributed by atoms with Crippen molar-refractivity contribution in [2.75, 3.05) is 13.2 Å². The van der Waals surface area contributed by atoms with Crippen LogP contribution in [0, 0.1) is 0 Å². The highest BCUT2D eigenvalue weighted by atomic mass is 16.5. The molecule has 0 aliphatic rings. The van der Waals surface area contributed by atoms with Crippen LogP contribution in [0.1, 0.15) is 19.4 Å². The van der Waals surface area contributed by atoms with Crippen molar-refractivity contribution in [1.29, 1.82) is 0 Å². The molecule has 0 aliphatic carbocycles. The Bertz CT molecular complexity index is 364. The predicted molar refractivity (Wildman–Crippen MR) is 63.6 cm³/mol. The largest absolute Gasteiger partial charge is 0.490 e. The summed E-state index contributed by atoms with van der Waals surface area (Å²) in [6.45, 7) is 5.09. The van der Waals surface area contributed by atoms with Crippen LogP contribution in [-0.2, 0) is 6.42 Å². The summed E-state index contributed by atoms with van der Waals surface area (Å²) in [6, 6.07) is 5.73. The van der Waals surface area contributed by atoms with E-state index in [2.05, 4.69) is 0 Å². The van der Waals surface area contributed by atoms with Crippen LogP contribution >= 0.6 is 0 Å². The second kappa shape index (κ2) is 6.00. The molecule has 0 saturated heterocycles. The van der Waals surface area contributed by atoms with Gasteiger partial charge in [-0.15, -0.1) is 0 Å². The van der Waals surface area contributed by atoms with E-state index in [-0.39, 0.29) is 0 Å². The molecule has 1 rings (SSSR count). The zero-order valence-corrected chi connectivity index (χ0v) is 9.82. The molecule has 0 bridgehead atoms. The molecule has 88 valence electrons. The number of hydrogen-bond acceptors (Lipinski definition) is 2. The molecule has 0 saturated carbocycles. The summed E-state index contributed by atoms with van der Waals surface area (Å²) in [5.41, 5.74) is 6.49. The minimum atomic E-state index is 0.395. The van der Waals surface area contributed by atoms with Gasteiger partial charge in [0.15, 0.2) is 11.5 Å². The van der Waals surface area contributed by atoms with Crippen molar-refractivity contribution in [2.45, 2.75) is 20.3 Å². The van der Waals surface area contributed by atoms with Gasteiger partial charge < -0.3 is 9.47 Å². The van der Waals surface area contributed by atoms with Crippen LogP contribution in [0.2, 0.25) is 0 Å². The molecule has 4 heteroatoms. The Kier molecular flexibility index (Phi) is 4.64. The highest BCUT2D eigenvalue weighted by Crippen LogP contribution is 2.28. The first-order valence-corrected chi connectivity index (χ1v) is 5.42. The Morgan fingerprint density at radius 1 is 1.19 bits per heavy atom. The van der Waals surface area contributed by atoms with Gasteiger partial charge in [-0.3, -0.25) is 11.1 Å². The summed E-state index contributed by atoms with van der Waals surface area (Å²) in [5, 5.41) is 5.47. The second-order valence-corrected chi connectivity index (χ2v) is 3.40. The quantitative estimate of drug-likeness (QED) is 0.532. The Hall–Kier alpha value is -1.71. The molecule has 0 unspecified atom stereocenters. The van der Waals surface area contributed by atoms with Crippen molar-refractivity contribution in [2.24, 2.45) is 5.73 Å². The van der Waals surface area contributed by atoms with Crippen LogP contribution in [0.15, 0.2) is 18.2 Å². The van der Waals surface area contributed by atoms with Gasteiger partial charge in [0.05, 0.1) is 19.6 Å². The number of nitrogens with two attached hydrogens (primary N) is 2. The van der Waals surface area contributed by atoms with Crippen molar-refractivity contribution in [3.8, 4) is 11.5 Å². The maximum atomic E-state index is 5.50. The first-order valence-electron chi connectivity index (χ1n) is 5.42. The zero-order valence-electron chi connectivity index (χ0n) is 9.82. The summed E-state index contributed by atoms with van der Waals surface area (Å²) >= 11 is 0. The normalized spacial score (nSPS) is 9.88. The van der Waals surface area contributed by atoms with E-state index in [1.54, 1.807) is 0 Å². The standard InChI is InChI=1S/C12H18N2O2/c1-3-15-10-6-5-9(8-12(13)14)7-11(10)16-4-2/h5-7H,3-4,8H2,1-2H3,(H3,13,14)/p+1. The van der Waals surface area contributed by atoms with E-state index in [9.17, 15) is 0 Å². The fourth-order valence-corrected chi connectivity index (χ4v) is 1.44. The maximum Gasteiger partial charge on any atom is 0.242 e. The van der Waals surface area contributed by atoms with Crippen molar-refractivity contribution in [3.05, 3.63) is 23.8 Å². The van der Waals surface area contributed by atoms with Crippen molar-refractivity contribution < 1.29 is 14.9 Å². The molecule has 4 N–H and O–H groups in total. The summed E-state index contributed by atoms with van der Waals surface area (Å²) < 4.78 is 11.0. The van der Waals surface area contributed by atoms with Gasteiger partial charge in [0.25, 0.3) is 0 Å². The Balaban J connectivity index is 2.92. The third-order valence-corrected chi connectivity index (χ3v) is 2.02. The molecule has 4 nitrogen and oxygen atoms in total. The lowest BCUT2D eigenvalue weighted by Gasteiger charge is -2.11. The highest BCUT2D eigenvalue weighted by molar-refractivity contribution is 5.76. The molecular formula is C12H19N2O2+. The third-order valence-electron chi connectivity index (χ3n) is 2.02. The molecule has 1 aromatic rings. The lowest BCUT2D eigenvalue weighted by atomic mass is 10.1. The van der Waals surface area contributed by atoms with E-state index in [0.717, 1.165) is 17.1 Å². The van der Waals surface area contributed by atoms with E-state index in [1.165, 1.54) is 0 Å². The van der Waals surface area contributed by atoms with E-state index in [0.29, 0.717) is 25.5 Å². The van der Waals surface area contributed by atoms with Gasteiger partial charge >= 0.3 is 0 Å². The van der Waals surface area contributed by atoms with Gasteiger partial charge in [-0.2, -0.15) is 0 Å². The molecule has 0 amide bonds. The molecule has 0 aliphatic heterocycles. The Morgan fingerprint density at radius 3 is 2.38 bits per heavy atom. The average Bonchev–Trinajstić information content (AvgIpc) is 2.21. The molecule has 0 heterocycles. The molecule has 0 aromatic heterocycles. The molecule has 0 radical (unpaired) electrons. The molecule has 0 spiro atoms. The van der Waals surface area contributed by atoms with Crippen LogP contribution in [0.25, 0.3) is 0 Å². The van der Waals surface area contributed by atoms with Gasteiger partial charge in [-0.1, -0.05) is 6.07 Å². The van der Waals surface area contributed by atoms with E-state index in [4.69, 9.17) is 20.6 Å². The first kappa shape index (κ1) is 12.4. The Labute approximate surface area is 95.9 Å². The fraction of sp³-hybridized carbons (Fsp3) is 0.417. The number of amidine groups is 1. The molecular weight excluding hydrogens is 204 g/mol. The van der Waals surface area contributed by atoms with E-state index in [1.807, 2.05) is 32.0 Å². The van der Waals surface area contributed by atoms with Crippen molar-refractivity contribution in [3.63, 3.8) is 0 Å². The topological polar surface area (TPSA) is 70.1 Å².